The molecule has 1 rings (SSSR count). The maximum absolute atomic E-state index is 11.1. The zero-order chi connectivity index (χ0) is 9.19. The largest absolute Gasteiger partial charge is 0.300 e. The smallest absolute Gasteiger partial charge is 0.132 e. The molecule has 1 saturated carbocycles. The Morgan fingerprint density at radius 1 is 1.42 bits per heavy atom. The van der Waals surface area contributed by atoms with Gasteiger partial charge in [-0.25, -0.2) is 0 Å². The molecule has 0 N–H and O–H groups in total. The van der Waals surface area contributed by atoms with E-state index in [2.05, 4.69) is 13.2 Å². The molecule has 0 aromatic rings. The van der Waals surface area contributed by atoms with E-state index in [-0.39, 0.29) is 0 Å². The first-order valence-electron chi connectivity index (χ1n) is 4.63. The summed E-state index contributed by atoms with van der Waals surface area (Å²) in [4.78, 5) is 11.1. The molecular weight excluding hydrogens is 168 g/mol. The minimum Gasteiger partial charge on any atom is -0.300 e. The lowest BCUT2D eigenvalue weighted by Gasteiger charge is -2.35. The summed E-state index contributed by atoms with van der Waals surface area (Å²) in [5.74, 6) is 0.753. The van der Waals surface area contributed by atoms with Gasteiger partial charge in [-0.3, -0.25) is 4.79 Å². The summed E-state index contributed by atoms with van der Waals surface area (Å²) in [5, 5.41) is 0. The fourth-order valence-electron chi connectivity index (χ4n) is 1.84. The number of carbonyl (C=O) groups excluding carboxylic acids is 1. The van der Waals surface area contributed by atoms with Gasteiger partial charge < -0.3 is 0 Å². The van der Waals surface area contributed by atoms with Crippen LogP contribution in [0.5, 0.6) is 0 Å². The molecule has 0 bridgehead atoms. The van der Waals surface area contributed by atoms with Gasteiger partial charge in [0.15, 0.2) is 0 Å². The third-order valence-corrected chi connectivity index (χ3v) is 4.50. The van der Waals surface area contributed by atoms with Crippen molar-refractivity contribution in [3.63, 3.8) is 0 Å². The standard InChI is InChI=1S/C10H18OS/c1-8(11)9-4-6-10(2,12-3)7-5-9/h9H,4-7H2,1-3H3. The summed E-state index contributed by atoms with van der Waals surface area (Å²) in [6.07, 6.45) is 6.80. The Hall–Kier alpha value is 0.0200. The van der Waals surface area contributed by atoms with E-state index in [1.54, 1.807) is 6.92 Å². The van der Waals surface area contributed by atoms with Gasteiger partial charge in [0.05, 0.1) is 0 Å². The molecule has 0 spiro atoms. The molecule has 1 aliphatic carbocycles. The Bertz CT molecular complexity index is 169. The lowest BCUT2D eigenvalue weighted by molar-refractivity contribution is -0.121. The molecule has 0 aromatic heterocycles. The summed E-state index contributed by atoms with van der Waals surface area (Å²) in [6, 6.07) is 0. The molecule has 0 atom stereocenters. The number of hydrogen-bond acceptors (Lipinski definition) is 2. The average Bonchev–Trinajstić information content (AvgIpc) is 2.05. The molecule has 12 heavy (non-hydrogen) atoms. The summed E-state index contributed by atoms with van der Waals surface area (Å²) >= 11 is 1.95. The molecule has 70 valence electrons. The maximum atomic E-state index is 11.1. The highest BCUT2D eigenvalue weighted by molar-refractivity contribution is 7.99. The molecule has 2 heteroatoms. The Balaban J connectivity index is 2.44. The number of ketones is 1. The van der Waals surface area contributed by atoms with E-state index < -0.39 is 0 Å². The van der Waals surface area contributed by atoms with Crippen molar-refractivity contribution in [2.75, 3.05) is 6.26 Å². The van der Waals surface area contributed by atoms with Crippen molar-refractivity contribution in [1.82, 2.24) is 0 Å². The van der Waals surface area contributed by atoms with Crippen molar-refractivity contribution in [2.24, 2.45) is 5.92 Å². The highest BCUT2D eigenvalue weighted by atomic mass is 32.2. The second-order valence-electron chi connectivity index (χ2n) is 4.04. The number of hydrogen-bond donors (Lipinski definition) is 0. The number of carbonyl (C=O) groups is 1. The van der Waals surface area contributed by atoms with Gasteiger partial charge >= 0.3 is 0 Å². The third-order valence-electron chi connectivity index (χ3n) is 3.11. The van der Waals surface area contributed by atoms with E-state index in [1.165, 1.54) is 12.8 Å². The third kappa shape index (κ3) is 2.25. The zero-order valence-corrected chi connectivity index (χ0v) is 9.04. The predicted octanol–water partition coefficient (Wildman–Crippen LogP) is 2.89. The van der Waals surface area contributed by atoms with E-state index in [9.17, 15) is 4.79 Å². The van der Waals surface area contributed by atoms with Crippen LogP contribution in [0.25, 0.3) is 0 Å². The molecule has 1 nitrogen and oxygen atoms in total. The van der Waals surface area contributed by atoms with Crippen molar-refractivity contribution < 1.29 is 4.79 Å². The number of rotatable bonds is 2. The van der Waals surface area contributed by atoms with Gasteiger partial charge in [-0.1, -0.05) is 6.92 Å². The van der Waals surface area contributed by atoms with Crippen molar-refractivity contribution in [2.45, 2.75) is 44.3 Å². The SMILES string of the molecule is CSC1(C)CCC(C(C)=O)CC1. The zero-order valence-electron chi connectivity index (χ0n) is 8.22. The molecule has 1 fully saturated rings. The van der Waals surface area contributed by atoms with Crippen LogP contribution in [0.15, 0.2) is 0 Å². The first-order valence-corrected chi connectivity index (χ1v) is 5.85. The Labute approximate surface area is 79.3 Å². The van der Waals surface area contributed by atoms with Crippen LogP contribution in [0.3, 0.4) is 0 Å². The van der Waals surface area contributed by atoms with Crippen LogP contribution in [0.1, 0.15) is 39.5 Å². The van der Waals surface area contributed by atoms with Gasteiger partial charge in [0.25, 0.3) is 0 Å². The summed E-state index contributed by atoms with van der Waals surface area (Å²) in [6.45, 7) is 4.04. The topological polar surface area (TPSA) is 17.1 Å². The molecule has 1 aliphatic rings. The molecule has 0 aromatic carbocycles. The molecular formula is C10H18OS. The average molecular weight is 186 g/mol. The van der Waals surface area contributed by atoms with Crippen molar-refractivity contribution in [1.29, 1.82) is 0 Å². The van der Waals surface area contributed by atoms with Gasteiger partial charge in [-0.15, -0.1) is 0 Å². The molecule has 0 heterocycles. The first-order chi connectivity index (χ1) is 5.57. The van der Waals surface area contributed by atoms with Crippen LogP contribution in [0, 0.1) is 5.92 Å². The fourth-order valence-corrected chi connectivity index (χ4v) is 2.48. The Kier molecular flexibility index (Phi) is 3.22. The summed E-state index contributed by atoms with van der Waals surface area (Å²) in [5.41, 5.74) is 0. The molecule has 0 unspecified atom stereocenters. The number of Topliss-reactive ketones (excluding diaryl/α,β-unsaturated/α-hetero) is 1. The number of thioether (sulfide) groups is 1. The molecule has 0 amide bonds. The highest BCUT2D eigenvalue weighted by Crippen LogP contribution is 2.40. The monoisotopic (exact) mass is 186 g/mol. The van der Waals surface area contributed by atoms with Crippen molar-refractivity contribution in [3.05, 3.63) is 0 Å². The van der Waals surface area contributed by atoms with Gasteiger partial charge in [0.1, 0.15) is 5.78 Å². The van der Waals surface area contributed by atoms with Crippen LogP contribution >= 0.6 is 11.8 Å². The van der Waals surface area contributed by atoms with Gasteiger partial charge in [-0.05, 0) is 38.9 Å². The summed E-state index contributed by atoms with van der Waals surface area (Å²) in [7, 11) is 0. The van der Waals surface area contributed by atoms with E-state index in [1.807, 2.05) is 11.8 Å². The van der Waals surface area contributed by atoms with Gasteiger partial charge in [0.2, 0.25) is 0 Å². The minimum atomic E-state index is 0.366. The summed E-state index contributed by atoms with van der Waals surface area (Å²) < 4.78 is 0.450. The van der Waals surface area contributed by atoms with Crippen LogP contribution in [0.4, 0.5) is 0 Å². The van der Waals surface area contributed by atoms with Gasteiger partial charge in [0, 0.05) is 10.7 Å². The highest BCUT2D eigenvalue weighted by Gasteiger charge is 2.31. The second-order valence-corrected chi connectivity index (χ2v) is 5.43. The van der Waals surface area contributed by atoms with E-state index >= 15 is 0 Å². The lowest BCUT2D eigenvalue weighted by atomic mass is 9.80. The van der Waals surface area contributed by atoms with Crippen LogP contribution in [0.2, 0.25) is 0 Å². The normalized spacial score (nSPS) is 36.4. The maximum Gasteiger partial charge on any atom is 0.132 e. The predicted molar refractivity (Wildman–Crippen MR) is 54.6 cm³/mol. The van der Waals surface area contributed by atoms with E-state index in [0.29, 0.717) is 16.4 Å². The first kappa shape index (κ1) is 10.1. The lowest BCUT2D eigenvalue weighted by Crippen LogP contribution is -2.29. The molecule has 0 saturated heterocycles. The Morgan fingerprint density at radius 3 is 2.25 bits per heavy atom. The van der Waals surface area contributed by atoms with Crippen LogP contribution < -0.4 is 0 Å². The molecule has 0 radical (unpaired) electrons. The van der Waals surface area contributed by atoms with E-state index in [0.717, 1.165) is 12.8 Å². The fraction of sp³-hybridized carbons (Fsp3) is 0.900. The van der Waals surface area contributed by atoms with Crippen LogP contribution in [-0.4, -0.2) is 16.8 Å². The van der Waals surface area contributed by atoms with Gasteiger partial charge in [-0.2, -0.15) is 11.8 Å². The van der Waals surface area contributed by atoms with E-state index in [4.69, 9.17) is 0 Å². The minimum absolute atomic E-state index is 0.366. The molecule has 0 aliphatic heterocycles. The Morgan fingerprint density at radius 2 is 1.92 bits per heavy atom. The van der Waals surface area contributed by atoms with Crippen molar-refractivity contribution >= 4 is 17.5 Å². The van der Waals surface area contributed by atoms with Crippen molar-refractivity contribution in [3.8, 4) is 0 Å². The second kappa shape index (κ2) is 3.82. The van der Waals surface area contributed by atoms with Crippen LogP contribution in [-0.2, 0) is 4.79 Å². The quantitative estimate of drug-likeness (QED) is 0.659.